The van der Waals surface area contributed by atoms with Crippen LogP contribution in [0.1, 0.15) is 12.8 Å². The number of nitrogens with zero attached hydrogens (tertiary/aromatic N) is 1. The summed E-state index contributed by atoms with van der Waals surface area (Å²) in [5, 5.41) is 0. The van der Waals surface area contributed by atoms with Crippen LogP contribution in [0.2, 0.25) is 0 Å². The maximum absolute atomic E-state index is 3.87. The molecule has 0 amide bonds. The van der Waals surface area contributed by atoms with Crippen LogP contribution < -0.4 is 0 Å². The van der Waals surface area contributed by atoms with Crippen molar-refractivity contribution in [3.8, 4) is 0 Å². The Morgan fingerprint density at radius 3 is 2.90 bits per heavy atom. The van der Waals surface area contributed by atoms with Crippen LogP contribution in [-0.4, -0.2) is 6.72 Å². The summed E-state index contributed by atoms with van der Waals surface area (Å²) in [5.41, 5.74) is 2.18. The van der Waals surface area contributed by atoms with Crippen LogP contribution in [0, 0.1) is 0 Å². The van der Waals surface area contributed by atoms with Gasteiger partial charge in [0.05, 0.1) is 5.70 Å². The highest BCUT2D eigenvalue weighted by Gasteiger charge is 2.01. The lowest BCUT2D eigenvalue weighted by molar-refractivity contribution is 0.965. The van der Waals surface area contributed by atoms with Crippen molar-refractivity contribution >= 4 is 6.72 Å². The fraction of sp³-hybridized carbons (Fsp3) is 0.222. The normalized spacial score (nSPS) is 17.2. The Bertz CT molecular complexity index is 209. The minimum atomic E-state index is 0.973. The summed E-state index contributed by atoms with van der Waals surface area (Å²) >= 11 is 0. The van der Waals surface area contributed by atoms with Gasteiger partial charge in [0.1, 0.15) is 0 Å². The van der Waals surface area contributed by atoms with Crippen molar-refractivity contribution in [1.82, 2.24) is 0 Å². The lowest BCUT2D eigenvalue weighted by Crippen LogP contribution is -1.88. The smallest absolute Gasteiger partial charge is 0.0651 e. The van der Waals surface area contributed by atoms with E-state index in [2.05, 4.69) is 24.4 Å². The minimum Gasteiger partial charge on any atom is -0.264 e. The van der Waals surface area contributed by atoms with Gasteiger partial charge < -0.3 is 0 Å². The maximum atomic E-state index is 3.87. The molecule has 1 rings (SSSR count). The van der Waals surface area contributed by atoms with Crippen molar-refractivity contribution in [2.75, 3.05) is 0 Å². The highest BCUT2D eigenvalue weighted by Crippen LogP contribution is 2.19. The average molecular weight is 133 g/mol. The van der Waals surface area contributed by atoms with Crippen molar-refractivity contribution in [3.63, 3.8) is 0 Å². The first-order valence-corrected chi connectivity index (χ1v) is 3.37. The molecule has 0 unspecified atom stereocenters. The molecule has 0 saturated heterocycles. The van der Waals surface area contributed by atoms with Gasteiger partial charge in [-0.3, -0.25) is 4.99 Å². The molecule has 10 heavy (non-hydrogen) atoms. The predicted molar refractivity (Wildman–Crippen MR) is 45.1 cm³/mol. The summed E-state index contributed by atoms with van der Waals surface area (Å²) in [6.07, 6.45) is 8.10. The standard InChI is InChI=1S/C9H11N/c1-3-8-6-4-5-7-9(8)10-2/h3,5,7H,1-2,4,6H2. The van der Waals surface area contributed by atoms with Gasteiger partial charge in [-0.2, -0.15) is 0 Å². The summed E-state index contributed by atoms with van der Waals surface area (Å²) in [6.45, 7) is 7.18. The number of allylic oxidation sites excluding steroid dienone is 4. The second kappa shape index (κ2) is 3.16. The van der Waals surface area contributed by atoms with Gasteiger partial charge >= 0.3 is 0 Å². The fourth-order valence-corrected chi connectivity index (χ4v) is 1.03. The van der Waals surface area contributed by atoms with E-state index in [0.29, 0.717) is 0 Å². The van der Waals surface area contributed by atoms with Gasteiger partial charge in [-0.25, -0.2) is 0 Å². The molecule has 1 aliphatic carbocycles. The third kappa shape index (κ3) is 1.24. The molecule has 0 fully saturated rings. The Morgan fingerprint density at radius 1 is 1.60 bits per heavy atom. The fourth-order valence-electron chi connectivity index (χ4n) is 1.03. The highest BCUT2D eigenvalue weighted by molar-refractivity contribution is 5.40. The zero-order valence-electron chi connectivity index (χ0n) is 6.01. The molecule has 0 aliphatic heterocycles. The van der Waals surface area contributed by atoms with Gasteiger partial charge in [0.15, 0.2) is 0 Å². The van der Waals surface area contributed by atoms with Crippen LogP contribution in [0.3, 0.4) is 0 Å². The topological polar surface area (TPSA) is 12.4 Å². The molecular weight excluding hydrogens is 122 g/mol. The Balaban J connectivity index is 2.94. The summed E-state index contributed by atoms with van der Waals surface area (Å²) in [6, 6.07) is 0. The number of hydrogen-bond acceptors (Lipinski definition) is 1. The predicted octanol–water partition coefficient (Wildman–Crippen LogP) is 2.48. The molecule has 0 atom stereocenters. The van der Waals surface area contributed by atoms with Gasteiger partial charge in [0.2, 0.25) is 0 Å². The molecule has 0 bridgehead atoms. The Labute approximate surface area is 61.5 Å². The minimum absolute atomic E-state index is 0.973. The molecule has 0 N–H and O–H groups in total. The third-order valence-electron chi connectivity index (χ3n) is 1.60. The van der Waals surface area contributed by atoms with E-state index in [1.165, 1.54) is 5.57 Å². The molecule has 0 heterocycles. The molecule has 1 heteroatoms. The summed E-state index contributed by atoms with van der Waals surface area (Å²) in [4.78, 5) is 3.87. The molecule has 0 saturated carbocycles. The van der Waals surface area contributed by atoms with Crippen molar-refractivity contribution in [2.24, 2.45) is 4.99 Å². The highest BCUT2D eigenvalue weighted by atomic mass is 14.7. The summed E-state index contributed by atoms with van der Waals surface area (Å²) in [5.74, 6) is 0. The van der Waals surface area contributed by atoms with Crippen LogP contribution >= 0.6 is 0 Å². The van der Waals surface area contributed by atoms with Gasteiger partial charge in [-0.1, -0.05) is 18.7 Å². The summed E-state index contributed by atoms with van der Waals surface area (Å²) in [7, 11) is 0. The Hall–Kier alpha value is -1.11. The van der Waals surface area contributed by atoms with Gasteiger partial charge in [0.25, 0.3) is 0 Å². The molecule has 1 aliphatic rings. The number of rotatable bonds is 2. The second-order valence-corrected chi connectivity index (χ2v) is 2.21. The molecule has 0 aromatic heterocycles. The van der Waals surface area contributed by atoms with E-state index >= 15 is 0 Å². The zero-order chi connectivity index (χ0) is 7.40. The van der Waals surface area contributed by atoms with Crippen molar-refractivity contribution < 1.29 is 0 Å². The molecule has 0 aromatic carbocycles. The first kappa shape index (κ1) is 7.00. The van der Waals surface area contributed by atoms with E-state index in [-0.39, 0.29) is 0 Å². The van der Waals surface area contributed by atoms with Crippen LogP contribution in [0.4, 0.5) is 0 Å². The second-order valence-electron chi connectivity index (χ2n) is 2.21. The van der Waals surface area contributed by atoms with Crippen LogP contribution in [0.5, 0.6) is 0 Å². The largest absolute Gasteiger partial charge is 0.264 e. The van der Waals surface area contributed by atoms with E-state index in [1.807, 2.05) is 12.2 Å². The van der Waals surface area contributed by atoms with Crippen LogP contribution in [0.25, 0.3) is 0 Å². The summed E-state index contributed by atoms with van der Waals surface area (Å²) < 4.78 is 0. The van der Waals surface area contributed by atoms with Crippen molar-refractivity contribution in [3.05, 3.63) is 36.1 Å². The molecular formula is C9H11N. The molecule has 0 aromatic rings. The first-order chi connectivity index (χ1) is 4.88. The van der Waals surface area contributed by atoms with E-state index in [1.54, 1.807) is 0 Å². The maximum Gasteiger partial charge on any atom is 0.0651 e. The molecule has 52 valence electrons. The first-order valence-electron chi connectivity index (χ1n) is 3.37. The van der Waals surface area contributed by atoms with E-state index in [9.17, 15) is 0 Å². The Kier molecular flexibility index (Phi) is 2.21. The monoisotopic (exact) mass is 133 g/mol. The van der Waals surface area contributed by atoms with Gasteiger partial charge in [0, 0.05) is 0 Å². The van der Waals surface area contributed by atoms with E-state index in [0.717, 1.165) is 18.5 Å². The SMILES string of the molecule is C=CC1=C(N=C)C=CCC1. The number of aliphatic imine (C=N–C) groups is 1. The molecule has 1 nitrogen and oxygen atoms in total. The third-order valence-corrected chi connectivity index (χ3v) is 1.60. The van der Waals surface area contributed by atoms with E-state index < -0.39 is 0 Å². The van der Waals surface area contributed by atoms with Crippen molar-refractivity contribution in [2.45, 2.75) is 12.8 Å². The van der Waals surface area contributed by atoms with Crippen molar-refractivity contribution in [1.29, 1.82) is 0 Å². The average Bonchev–Trinajstić information content (AvgIpc) is 2.04. The quantitative estimate of drug-likeness (QED) is 0.513. The molecule has 0 spiro atoms. The zero-order valence-corrected chi connectivity index (χ0v) is 6.01. The van der Waals surface area contributed by atoms with Crippen LogP contribution in [0.15, 0.2) is 41.1 Å². The number of hydrogen-bond donors (Lipinski definition) is 0. The van der Waals surface area contributed by atoms with Crippen LogP contribution in [-0.2, 0) is 0 Å². The van der Waals surface area contributed by atoms with Gasteiger partial charge in [-0.15, -0.1) is 0 Å². The van der Waals surface area contributed by atoms with E-state index in [4.69, 9.17) is 0 Å². The Morgan fingerprint density at radius 2 is 2.40 bits per heavy atom. The molecule has 0 radical (unpaired) electrons. The van der Waals surface area contributed by atoms with Gasteiger partial charge in [-0.05, 0) is 31.2 Å². The lowest BCUT2D eigenvalue weighted by atomic mass is 10.0. The lowest BCUT2D eigenvalue weighted by Gasteiger charge is -2.07.